The zero-order valence-electron chi connectivity index (χ0n) is 8.04. The van der Waals surface area contributed by atoms with Crippen LogP contribution in [0, 0.1) is 0 Å². The molecule has 0 amide bonds. The minimum absolute atomic E-state index is 0.116. The average Bonchev–Trinajstić information content (AvgIpc) is 2.17. The van der Waals surface area contributed by atoms with Crippen LogP contribution in [0.2, 0.25) is 0 Å². The smallest absolute Gasteiger partial charge is 0.465 e. The zero-order chi connectivity index (χ0) is 12.3. The number of hydrogen-bond donors (Lipinski definition) is 1. The van der Waals surface area contributed by atoms with Gasteiger partial charge in [-0.05, 0) is 6.07 Å². The average molecular weight is 236 g/mol. The molecular weight excluding hydrogens is 229 g/mol. The number of rotatable bonds is 2. The molecule has 0 radical (unpaired) electrons. The molecule has 8 heteroatoms. The number of nitrogens with two attached hydrogens (primary N) is 1. The number of anilines is 1. The third-order valence-corrected chi connectivity index (χ3v) is 1.52. The first-order valence-electron chi connectivity index (χ1n) is 3.93. The highest BCUT2D eigenvalue weighted by Crippen LogP contribution is 2.27. The summed E-state index contributed by atoms with van der Waals surface area (Å²) in [5, 5.41) is 0. The largest absolute Gasteiger partial charge is 0.573 e. The Morgan fingerprint density at radius 1 is 1.50 bits per heavy atom. The summed E-state index contributed by atoms with van der Waals surface area (Å²) in [4.78, 5) is 14.5. The number of nitrogen functional groups attached to an aromatic ring is 1. The molecule has 0 aromatic carbocycles. The fraction of sp³-hybridized carbons (Fsp3) is 0.250. The van der Waals surface area contributed by atoms with Crippen molar-refractivity contribution in [2.45, 2.75) is 6.36 Å². The van der Waals surface area contributed by atoms with Gasteiger partial charge in [-0.3, -0.25) is 0 Å². The first-order valence-corrected chi connectivity index (χ1v) is 3.93. The van der Waals surface area contributed by atoms with E-state index in [9.17, 15) is 18.0 Å². The fourth-order valence-corrected chi connectivity index (χ4v) is 0.934. The van der Waals surface area contributed by atoms with Crippen LogP contribution in [0.15, 0.2) is 12.3 Å². The van der Waals surface area contributed by atoms with E-state index in [4.69, 9.17) is 5.73 Å². The van der Waals surface area contributed by atoms with Gasteiger partial charge >= 0.3 is 12.3 Å². The lowest BCUT2D eigenvalue weighted by Gasteiger charge is -2.11. The number of ether oxygens (including phenoxy) is 2. The van der Waals surface area contributed by atoms with Crippen LogP contribution >= 0.6 is 0 Å². The van der Waals surface area contributed by atoms with Crippen molar-refractivity contribution in [3.8, 4) is 5.75 Å². The molecule has 0 aliphatic carbocycles. The van der Waals surface area contributed by atoms with Crippen molar-refractivity contribution < 1.29 is 27.4 Å². The van der Waals surface area contributed by atoms with Crippen LogP contribution in [0.4, 0.5) is 19.0 Å². The van der Waals surface area contributed by atoms with Gasteiger partial charge in [-0.1, -0.05) is 0 Å². The van der Waals surface area contributed by atoms with Gasteiger partial charge in [0.1, 0.15) is 11.4 Å². The van der Waals surface area contributed by atoms with Crippen LogP contribution in [-0.2, 0) is 4.74 Å². The van der Waals surface area contributed by atoms with Gasteiger partial charge < -0.3 is 15.2 Å². The van der Waals surface area contributed by atoms with Crippen molar-refractivity contribution in [2.75, 3.05) is 12.8 Å². The van der Waals surface area contributed by atoms with Crippen molar-refractivity contribution in [3.05, 3.63) is 17.8 Å². The maximum absolute atomic E-state index is 12.0. The van der Waals surface area contributed by atoms with E-state index >= 15 is 0 Å². The molecule has 1 heterocycles. The van der Waals surface area contributed by atoms with E-state index in [0.717, 1.165) is 13.2 Å². The van der Waals surface area contributed by atoms with Crippen molar-refractivity contribution in [2.24, 2.45) is 0 Å². The van der Waals surface area contributed by atoms with Crippen LogP contribution in [0.3, 0.4) is 0 Å². The number of aromatic nitrogens is 1. The molecule has 0 fully saturated rings. The van der Waals surface area contributed by atoms with E-state index in [1.807, 2.05) is 0 Å². The van der Waals surface area contributed by atoms with Gasteiger partial charge in [-0.25, -0.2) is 9.78 Å². The molecule has 2 N–H and O–H groups in total. The Balaban J connectivity index is 3.13. The van der Waals surface area contributed by atoms with Gasteiger partial charge in [-0.2, -0.15) is 0 Å². The maximum Gasteiger partial charge on any atom is 0.573 e. The molecule has 0 aliphatic rings. The van der Waals surface area contributed by atoms with E-state index in [2.05, 4.69) is 14.5 Å². The second kappa shape index (κ2) is 4.25. The number of halogens is 3. The minimum atomic E-state index is -4.92. The monoisotopic (exact) mass is 236 g/mol. The molecule has 1 aromatic rings. The first kappa shape index (κ1) is 12.1. The van der Waals surface area contributed by atoms with Crippen molar-refractivity contribution in [1.82, 2.24) is 4.98 Å². The summed E-state index contributed by atoms with van der Waals surface area (Å²) in [6.45, 7) is 0. The Morgan fingerprint density at radius 2 is 2.12 bits per heavy atom. The lowest BCUT2D eigenvalue weighted by molar-refractivity contribution is -0.274. The number of esters is 1. The fourth-order valence-electron chi connectivity index (χ4n) is 0.934. The molecule has 1 rings (SSSR count). The zero-order valence-corrected chi connectivity index (χ0v) is 8.04. The number of carbonyl (C=O) groups excluding carboxylic acids is 1. The molecule has 0 bridgehead atoms. The summed E-state index contributed by atoms with van der Waals surface area (Å²) in [5.74, 6) is -1.86. The highest BCUT2D eigenvalue weighted by Gasteiger charge is 2.33. The summed E-state index contributed by atoms with van der Waals surface area (Å²) in [5.41, 5.74) is 4.79. The van der Waals surface area contributed by atoms with Gasteiger partial charge in [0.2, 0.25) is 0 Å². The van der Waals surface area contributed by atoms with Gasteiger partial charge in [0.05, 0.1) is 13.3 Å². The molecule has 0 unspecified atom stereocenters. The number of nitrogens with zero attached hydrogens (tertiary/aromatic N) is 1. The highest BCUT2D eigenvalue weighted by molar-refractivity contribution is 5.93. The Kier molecular flexibility index (Phi) is 3.21. The molecule has 0 saturated heterocycles. The summed E-state index contributed by atoms with van der Waals surface area (Å²) < 4.78 is 43.7. The van der Waals surface area contributed by atoms with Gasteiger partial charge in [0.25, 0.3) is 0 Å². The van der Waals surface area contributed by atoms with E-state index in [0.29, 0.717) is 6.20 Å². The number of hydrogen-bond acceptors (Lipinski definition) is 5. The Labute approximate surface area is 88.0 Å². The third-order valence-electron chi connectivity index (χ3n) is 1.52. The third kappa shape index (κ3) is 3.01. The minimum Gasteiger partial charge on any atom is -0.465 e. The van der Waals surface area contributed by atoms with Crippen LogP contribution in [-0.4, -0.2) is 24.4 Å². The molecular formula is C8H7F3N2O3. The number of carbonyl (C=O) groups is 1. The SMILES string of the molecule is COC(=O)c1cc(N)ncc1OC(F)(F)F. The summed E-state index contributed by atoms with van der Waals surface area (Å²) in [6.07, 6.45) is -4.21. The van der Waals surface area contributed by atoms with Crippen LogP contribution < -0.4 is 10.5 Å². The van der Waals surface area contributed by atoms with Crippen molar-refractivity contribution in [3.63, 3.8) is 0 Å². The van der Waals surface area contributed by atoms with E-state index in [-0.39, 0.29) is 5.82 Å². The lowest BCUT2D eigenvalue weighted by Crippen LogP contribution is -2.19. The first-order chi connectivity index (χ1) is 7.33. The summed E-state index contributed by atoms with van der Waals surface area (Å²) in [7, 11) is 1.02. The molecule has 0 atom stereocenters. The van der Waals surface area contributed by atoms with Gasteiger partial charge in [0, 0.05) is 0 Å². The highest BCUT2D eigenvalue weighted by atomic mass is 19.4. The summed E-state index contributed by atoms with van der Waals surface area (Å²) >= 11 is 0. The van der Waals surface area contributed by atoms with Crippen LogP contribution in [0.25, 0.3) is 0 Å². The van der Waals surface area contributed by atoms with E-state index in [1.54, 1.807) is 0 Å². The van der Waals surface area contributed by atoms with E-state index in [1.165, 1.54) is 0 Å². The van der Waals surface area contributed by atoms with Gasteiger partial charge in [-0.15, -0.1) is 13.2 Å². The Hall–Kier alpha value is -1.99. The Bertz CT molecular complexity index is 406. The summed E-state index contributed by atoms with van der Waals surface area (Å²) in [6, 6.07) is 0.937. The number of alkyl halides is 3. The molecule has 0 saturated carbocycles. The van der Waals surface area contributed by atoms with Crippen molar-refractivity contribution >= 4 is 11.8 Å². The van der Waals surface area contributed by atoms with Crippen molar-refractivity contribution in [1.29, 1.82) is 0 Å². The predicted octanol–water partition coefficient (Wildman–Crippen LogP) is 1.35. The molecule has 16 heavy (non-hydrogen) atoms. The Morgan fingerprint density at radius 3 is 2.62 bits per heavy atom. The van der Waals surface area contributed by atoms with Crippen LogP contribution in [0.5, 0.6) is 5.75 Å². The second-order valence-corrected chi connectivity index (χ2v) is 2.64. The molecule has 5 nitrogen and oxygen atoms in total. The second-order valence-electron chi connectivity index (χ2n) is 2.64. The van der Waals surface area contributed by atoms with Gasteiger partial charge in [0.15, 0.2) is 5.75 Å². The maximum atomic E-state index is 12.0. The molecule has 1 aromatic heterocycles. The topological polar surface area (TPSA) is 74.4 Å². The number of methoxy groups -OCH3 is 1. The lowest BCUT2D eigenvalue weighted by atomic mass is 10.2. The molecule has 0 spiro atoms. The standard InChI is InChI=1S/C8H7F3N2O3/c1-15-7(14)4-2-6(12)13-3-5(4)16-8(9,10)11/h2-3H,1H3,(H2,12,13). The molecule has 88 valence electrons. The van der Waals surface area contributed by atoms with Crippen LogP contribution in [0.1, 0.15) is 10.4 Å². The molecule has 0 aliphatic heterocycles. The quantitative estimate of drug-likeness (QED) is 0.784. The predicted molar refractivity (Wildman–Crippen MR) is 46.7 cm³/mol. The van der Waals surface area contributed by atoms with E-state index < -0.39 is 23.6 Å². The normalized spacial score (nSPS) is 11.0. The number of pyridine rings is 1.